The predicted molar refractivity (Wildman–Crippen MR) is 204 cm³/mol. The maximum Gasteiger partial charge on any atom is 0.0414 e. The van der Waals surface area contributed by atoms with Crippen LogP contribution in [0, 0.1) is 0 Å². The van der Waals surface area contributed by atoms with Crippen LogP contribution in [0.1, 0.15) is 0 Å². The van der Waals surface area contributed by atoms with E-state index < -0.39 is 0 Å². The van der Waals surface area contributed by atoms with Crippen LogP contribution in [-0.2, 0) is 0 Å². The third-order valence-corrected chi connectivity index (χ3v) is 15.0. The van der Waals surface area contributed by atoms with Crippen molar-refractivity contribution >= 4 is 232 Å². The fraction of sp³-hybridized carbons (Fsp3) is 0. The number of hydrogen-bond acceptors (Lipinski definition) is 4. The van der Waals surface area contributed by atoms with Crippen molar-refractivity contribution in [3.63, 3.8) is 0 Å². The highest BCUT2D eigenvalue weighted by atomic mass is 79.9. The molecule has 7 aromatic rings. The van der Waals surface area contributed by atoms with Gasteiger partial charge in [-0.1, -0.05) is 12.1 Å². The van der Waals surface area contributed by atoms with Gasteiger partial charge in [0.25, 0.3) is 0 Å². The summed E-state index contributed by atoms with van der Waals surface area (Å²) in [6, 6.07) is 4.39. The molecule has 0 saturated carbocycles. The van der Waals surface area contributed by atoms with E-state index in [2.05, 4.69) is 120 Å². The fourth-order valence-corrected chi connectivity index (χ4v) is 11.3. The molecule has 7 aromatic carbocycles. The van der Waals surface area contributed by atoms with Gasteiger partial charge >= 0.3 is 0 Å². The van der Waals surface area contributed by atoms with Gasteiger partial charge in [-0.05, 0) is 170 Å². The molecule has 0 amide bonds. The topological polar surface area (TPSA) is 0 Å². The van der Waals surface area contributed by atoms with Gasteiger partial charge < -0.3 is 0 Å². The number of halogens is 6. The maximum absolute atomic E-state index is 4.72. The van der Waals surface area contributed by atoms with Crippen LogP contribution in [0.3, 0.4) is 0 Å². The van der Waals surface area contributed by atoms with E-state index in [0.717, 1.165) is 80.0 Å². The molecule has 0 aliphatic carbocycles. The van der Waals surface area contributed by atoms with Gasteiger partial charge in [-0.3, -0.25) is 0 Å². The third kappa shape index (κ3) is 3.15. The zero-order valence-electron chi connectivity index (χ0n) is 18.5. The molecule has 0 spiro atoms. The third-order valence-electron chi connectivity index (χ3n) is 7.56. The van der Waals surface area contributed by atoms with E-state index in [1.54, 1.807) is 0 Å². The lowest BCUT2D eigenvalue weighted by atomic mass is 9.81. The van der Waals surface area contributed by atoms with Gasteiger partial charge in [0.15, 0.2) is 0 Å². The Labute approximate surface area is 288 Å². The van der Waals surface area contributed by atoms with Crippen LogP contribution in [0.4, 0.5) is 0 Å². The van der Waals surface area contributed by atoms with E-state index in [0.29, 0.717) is 0 Å². The van der Waals surface area contributed by atoms with Crippen LogP contribution >= 0.6 is 146 Å². The van der Waals surface area contributed by atoms with E-state index >= 15 is 0 Å². The Bertz CT molecular complexity index is 2450. The summed E-state index contributed by atoms with van der Waals surface area (Å²) >= 11 is 42.5. The first-order valence-corrected chi connectivity index (χ1v) is 17.8. The Hall–Kier alpha value is 0.640. The van der Waals surface area contributed by atoms with Crippen LogP contribution < -0.4 is 20.9 Å². The minimum Gasteiger partial charge on any atom is -0.151 e. The zero-order chi connectivity index (χ0) is 26.9. The van der Waals surface area contributed by atoms with Crippen molar-refractivity contribution in [2.45, 2.75) is 0 Å². The summed E-state index contributed by atoms with van der Waals surface area (Å²) in [6.45, 7) is 0. The molecule has 0 fully saturated rings. The predicted octanol–water partition coefficient (Wildman–Crippen LogP) is 10.2. The molecule has 0 bridgehead atoms. The first-order valence-electron chi connectivity index (χ1n) is 11.0. The molecule has 0 aromatic heterocycles. The summed E-state index contributed by atoms with van der Waals surface area (Å²) in [7, 11) is 0. The molecule has 38 heavy (non-hydrogen) atoms. The smallest absolute Gasteiger partial charge is 0.0414 e. The number of thiol groups is 4. The maximum atomic E-state index is 4.72. The normalized spacial score (nSPS) is 15.2. The van der Waals surface area contributed by atoms with Gasteiger partial charge in [-0.2, -0.15) is 50.5 Å². The van der Waals surface area contributed by atoms with Crippen molar-refractivity contribution in [1.82, 2.24) is 0 Å². The van der Waals surface area contributed by atoms with Crippen molar-refractivity contribution in [1.29, 1.82) is 0 Å². The summed E-state index contributed by atoms with van der Waals surface area (Å²) < 4.78 is 5.92. The van der Waals surface area contributed by atoms with Gasteiger partial charge in [0, 0.05) is 59.2 Å². The quantitative estimate of drug-likeness (QED) is 0.0650. The van der Waals surface area contributed by atoms with E-state index in [1.807, 2.05) is 21.6 Å². The van der Waals surface area contributed by atoms with Gasteiger partial charge in [0.05, 0.1) is 0 Å². The lowest BCUT2D eigenvalue weighted by Gasteiger charge is -2.26. The fourth-order valence-electron chi connectivity index (χ4n) is 6.20. The molecular weight excluding hydrogens is 944 g/mol. The second-order valence-corrected chi connectivity index (χ2v) is 14.8. The molecule has 0 radical (unpaired) electrons. The molecule has 0 aliphatic rings. The first-order chi connectivity index (χ1) is 18.2. The average Bonchev–Trinajstić information content (AvgIpc) is 2.92. The van der Waals surface area contributed by atoms with Crippen LogP contribution in [0.25, 0.3) is 86.3 Å². The number of benzene rings is 7. The SMILES string of the molecule is SC=c1c(=CS)c2c(=CS)c(=CS)c3c(Br)c(Br)c4c(Br)c(Br)c5c(Br)c(Br)c6ccc1c1c6c5c4c3c21. The van der Waals surface area contributed by atoms with E-state index in [9.17, 15) is 0 Å². The minimum atomic E-state index is 0.965. The Morgan fingerprint density at radius 1 is 0.342 bits per heavy atom. The molecule has 7 rings (SSSR count). The zero-order valence-corrected chi connectivity index (χ0v) is 31.6. The highest BCUT2D eigenvalue weighted by Gasteiger charge is 2.30. The highest BCUT2D eigenvalue weighted by Crippen LogP contribution is 2.56. The van der Waals surface area contributed by atoms with Crippen LogP contribution in [0.15, 0.2) is 39.0 Å². The second kappa shape index (κ2) is 9.58. The summed E-state index contributed by atoms with van der Waals surface area (Å²) in [5.74, 6) is 0. The molecule has 0 nitrogen and oxygen atoms in total. The Morgan fingerprint density at radius 2 is 0.684 bits per heavy atom. The first kappa shape index (κ1) is 27.5. The molecular formula is C28H10Br6S4. The summed E-state index contributed by atoms with van der Waals surface area (Å²) in [4.78, 5) is 0. The van der Waals surface area contributed by atoms with Gasteiger partial charge in [-0.15, -0.1) is 0 Å². The lowest BCUT2D eigenvalue weighted by molar-refractivity contribution is 1.59. The van der Waals surface area contributed by atoms with Crippen LogP contribution in [0.5, 0.6) is 0 Å². The van der Waals surface area contributed by atoms with Gasteiger partial charge in [0.1, 0.15) is 0 Å². The molecule has 0 heterocycles. The Morgan fingerprint density at radius 3 is 1.24 bits per heavy atom. The van der Waals surface area contributed by atoms with Crippen molar-refractivity contribution in [2.24, 2.45) is 0 Å². The van der Waals surface area contributed by atoms with Crippen LogP contribution in [0.2, 0.25) is 0 Å². The standard InChI is InChI=1S/C28H10Br6S4/c29-23-8-2-1-7-9(3-35)10(4-36)13-11(5-37)12(6-38)16-19-17(13)14(7)15(8)18-20(19)22(26(32)24(16)30)28(34)27(33)21(18)25(23)31/h1-6,35-38H. The monoisotopic (exact) mass is 947 g/mol. The average molecular weight is 954 g/mol. The molecule has 0 atom stereocenters. The summed E-state index contributed by atoms with van der Waals surface area (Å²) in [5, 5.41) is 25.2. The Kier molecular flexibility index (Phi) is 6.92. The largest absolute Gasteiger partial charge is 0.151 e. The molecule has 0 unspecified atom stereocenters. The van der Waals surface area contributed by atoms with Crippen molar-refractivity contribution in [3.05, 3.63) is 59.8 Å². The van der Waals surface area contributed by atoms with E-state index in [1.165, 1.54) is 32.3 Å². The molecule has 0 saturated heterocycles. The summed E-state index contributed by atoms with van der Waals surface area (Å²) in [5.41, 5.74) is 0. The number of rotatable bonds is 0. The number of hydrogen-bond donors (Lipinski definition) is 4. The van der Waals surface area contributed by atoms with E-state index in [4.69, 9.17) is 37.9 Å². The molecule has 0 N–H and O–H groups in total. The Balaban J connectivity index is 2.19. The summed E-state index contributed by atoms with van der Waals surface area (Å²) in [6.07, 6.45) is 0. The minimum absolute atomic E-state index is 0.965. The second-order valence-electron chi connectivity index (χ2n) is 8.97. The van der Waals surface area contributed by atoms with Gasteiger partial charge in [0.2, 0.25) is 0 Å². The van der Waals surface area contributed by atoms with Gasteiger partial charge in [-0.25, -0.2) is 0 Å². The van der Waals surface area contributed by atoms with Crippen molar-refractivity contribution in [2.75, 3.05) is 0 Å². The van der Waals surface area contributed by atoms with Crippen LogP contribution in [-0.4, -0.2) is 0 Å². The molecule has 0 aliphatic heterocycles. The van der Waals surface area contributed by atoms with Crippen molar-refractivity contribution < 1.29 is 0 Å². The van der Waals surface area contributed by atoms with Crippen molar-refractivity contribution in [3.8, 4) is 0 Å². The molecule has 10 heteroatoms. The lowest BCUT2D eigenvalue weighted by Crippen LogP contribution is -2.36. The molecule has 188 valence electrons. The highest BCUT2D eigenvalue weighted by molar-refractivity contribution is 9.14. The van der Waals surface area contributed by atoms with E-state index in [-0.39, 0.29) is 0 Å².